The van der Waals surface area contributed by atoms with Crippen LogP contribution < -0.4 is 16.0 Å². The average Bonchev–Trinajstić information content (AvgIpc) is 2.93. The van der Waals surface area contributed by atoms with Gasteiger partial charge in [0.1, 0.15) is 6.07 Å². The molecule has 2 rings (SSSR count). The first-order chi connectivity index (χ1) is 10.0. The molecule has 1 aromatic carbocycles. The summed E-state index contributed by atoms with van der Waals surface area (Å²) in [5, 5.41) is 22.9. The van der Waals surface area contributed by atoms with Gasteiger partial charge in [-0.2, -0.15) is 5.26 Å². The molecule has 1 aromatic rings. The van der Waals surface area contributed by atoms with Gasteiger partial charge in [-0.1, -0.05) is 0 Å². The minimum Gasteiger partial charge on any atom is -0.369 e. The minimum atomic E-state index is -0.522. The number of nitrogens with two attached hydrogens (primary N) is 1. The van der Waals surface area contributed by atoms with Crippen LogP contribution in [0.4, 0.5) is 11.4 Å². The van der Waals surface area contributed by atoms with Crippen LogP contribution in [-0.2, 0) is 4.79 Å². The Morgan fingerprint density at radius 3 is 3.00 bits per heavy atom. The lowest BCUT2D eigenvalue weighted by Gasteiger charge is -2.20. The van der Waals surface area contributed by atoms with Crippen molar-refractivity contribution in [3.05, 3.63) is 33.9 Å². The molecule has 1 aliphatic rings. The van der Waals surface area contributed by atoms with Crippen molar-refractivity contribution in [2.24, 2.45) is 5.73 Å². The molecule has 21 heavy (non-hydrogen) atoms. The third-order valence-corrected chi connectivity index (χ3v) is 3.41. The minimum absolute atomic E-state index is 0.0992. The number of anilines is 1. The molecule has 1 atom stereocenters. The number of nitro benzene ring substituents is 1. The molecule has 0 unspecified atom stereocenters. The molecule has 0 radical (unpaired) electrons. The number of nitriles is 1. The van der Waals surface area contributed by atoms with Crippen molar-refractivity contribution in [3.8, 4) is 6.07 Å². The van der Waals surface area contributed by atoms with Crippen molar-refractivity contribution in [1.29, 1.82) is 5.26 Å². The number of primary amides is 1. The van der Waals surface area contributed by atoms with E-state index in [9.17, 15) is 14.9 Å². The van der Waals surface area contributed by atoms with Gasteiger partial charge in [-0.15, -0.1) is 0 Å². The maximum absolute atomic E-state index is 10.7. The van der Waals surface area contributed by atoms with Crippen LogP contribution in [0, 0.1) is 21.4 Å². The van der Waals surface area contributed by atoms with Crippen LogP contribution in [0.3, 0.4) is 0 Å². The Labute approximate surface area is 121 Å². The normalized spacial score (nSPS) is 17.5. The van der Waals surface area contributed by atoms with Crippen LogP contribution in [0.1, 0.15) is 12.0 Å². The maximum Gasteiger partial charge on any atom is 0.270 e. The summed E-state index contributed by atoms with van der Waals surface area (Å²) in [4.78, 5) is 22.9. The summed E-state index contributed by atoms with van der Waals surface area (Å²) in [5.41, 5.74) is 5.94. The number of carbonyl (C=O) groups is 1. The van der Waals surface area contributed by atoms with E-state index in [4.69, 9.17) is 11.0 Å². The largest absolute Gasteiger partial charge is 0.369 e. The Kier molecular flexibility index (Phi) is 4.35. The van der Waals surface area contributed by atoms with Crippen molar-refractivity contribution in [2.75, 3.05) is 24.5 Å². The van der Waals surface area contributed by atoms with E-state index < -0.39 is 10.8 Å². The van der Waals surface area contributed by atoms with Crippen LogP contribution in [0.5, 0.6) is 0 Å². The van der Waals surface area contributed by atoms with Gasteiger partial charge in [0, 0.05) is 31.3 Å². The first-order valence-corrected chi connectivity index (χ1v) is 6.46. The third kappa shape index (κ3) is 3.46. The van der Waals surface area contributed by atoms with E-state index in [1.165, 1.54) is 12.1 Å². The molecule has 110 valence electrons. The summed E-state index contributed by atoms with van der Waals surface area (Å²) >= 11 is 0. The van der Waals surface area contributed by atoms with Gasteiger partial charge < -0.3 is 16.0 Å². The van der Waals surface area contributed by atoms with Gasteiger partial charge in [-0.25, -0.2) is 0 Å². The first kappa shape index (κ1) is 14.7. The number of carbonyl (C=O) groups excluding carboxylic acids is 1. The third-order valence-electron chi connectivity index (χ3n) is 3.41. The zero-order valence-corrected chi connectivity index (χ0v) is 11.3. The fourth-order valence-electron chi connectivity index (χ4n) is 2.39. The molecule has 8 nitrogen and oxygen atoms in total. The van der Waals surface area contributed by atoms with Gasteiger partial charge in [0.05, 0.1) is 22.7 Å². The van der Waals surface area contributed by atoms with Gasteiger partial charge in [0.15, 0.2) is 0 Å². The Bertz CT molecular complexity index is 610. The summed E-state index contributed by atoms with van der Waals surface area (Å²) in [6.07, 6.45) is 0.815. The highest BCUT2D eigenvalue weighted by Gasteiger charge is 2.25. The quantitative estimate of drug-likeness (QED) is 0.585. The van der Waals surface area contributed by atoms with Crippen LogP contribution in [0.2, 0.25) is 0 Å². The number of nitro groups is 1. The molecule has 8 heteroatoms. The smallest absolute Gasteiger partial charge is 0.270 e. The van der Waals surface area contributed by atoms with E-state index in [0.29, 0.717) is 18.8 Å². The van der Waals surface area contributed by atoms with Gasteiger partial charge in [0.2, 0.25) is 5.91 Å². The number of non-ortho nitro benzene ring substituents is 1. The molecular formula is C13H15N5O3. The van der Waals surface area contributed by atoms with Gasteiger partial charge in [0.25, 0.3) is 5.69 Å². The second-order valence-electron chi connectivity index (χ2n) is 4.85. The van der Waals surface area contributed by atoms with E-state index in [1.54, 1.807) is 6.07 Å². The number of rotatable bonds is 5. The Hall–Kier alpha value is -2.66. The van der Waals surface area contributed by atoms with Gasteiger partial charge in [-0.3, -0.25) is 14.9 Å². The van der Waals surface area contributed by atoms with Crippen molar-refractivity contribution >= 4 is 17.3 Å². The first-order valence-electron chi connectivity index (χ1n) is 6.46. The molecule has 1 aliphatic heterocycles. The van der Waals surface area contributed by atoms with Crippen molar-refractivity contribution in [1.82, 2.24) is 5.32 Å². The Morgan fingerprint density at radius 2 is 2.38 bits per heavy atom. The number of nitrogens with one attached hydrogen (secondary N) is 1. The molecule has 0 spiro atoms. The Balaban J connectivity index is 2.11. The van der Waals surface area contributed by atoms with Crippen LogP contribution in [0.15, 0.2) is 18.2 Å². The molecular weight excluding hydrogens is 274 g/mol. The molecule has 0 aromatic heterocycles. The predicted octanol–water partition coefficient (Wildman–Crippen LogP) is 0.120. The fourth-order valence-corrected chi connectivity index (χ4v) is 2.39. The lowest BCUT2D eigenvalue weighted by atomic mass is 10.1. The SMILES string of the molecule is N#Cc1cc([N+](=O)[O-])ccc1N1CC[C@H](NCC(N)=O)C1. The number of hydrogen-bond acceptors (Lipinski definition) is 6. The second-order valence-corrected chi connectivity index (χ2v) is 4.85. The van der Waals surface area contributed by atoms with E-state index in [0.717, 1.165) is 6.42 Å². The van der Waals surface area contributed by atoms with E-state index in [1.807, 2.05) is 11.0 Å². The average molecular weight is 289 g/mol. The number of hydrogen-bond donors (Lipinski definition) is 2. The highest BCUT2D eigenvalue weighted by molar-refractivity contribution is 5.76. The standard InChI is InChI=1S/C13H15N5O3/c14-6-9-5-11(18(20)21)1-2-12(9)17-4-3-10(8-17)16-7-13(15)19/h1-2,5,10,16H,3-4,7-8H2,(H2,15,19)/t10-/m0/s1. The molecule has 1 amide bonds. The van der Waals surface area contributed by atoms with Gasteiger partial charge in [-0.05, 0) is 12.5 Å². The molecule has 0 bridgehead atoms. The highest BCUT2D eigenvalue weighted by Crippen LogP contribution is 2.27. The van der Waals surface area contributed by atoms with Gasteiger partial charge >= 0.3 is 0 Å². The summed E-state index contributed by atoms with van der Waals surface area (Å²) in [5.74, 6) is -0.415. The predicted molar refractivity (Wildman–Crippen MR) is 75.6 cm³/mol. The van der Waals surface area contributed by atoms with Crippen molar-refractivity contribution < 1.29 is 9.72 Å². The topological polar surface area (TPSA) is 125 Å². The molecule has 1 heterocycles. The number of benzene rings is 1. The van der Waals surface area contributed by atoms with Crippen LogP contribution in [-0.4, -0.2) is 36.5 Å². The van der Waals surface area contributed by atoms with Crippen molar-refractivity contribution in [2.45, 2.75) is 12.5 Å². The molecule has 1 fully saturated rings. The monoisotopic (exact) mass is 289 g/mol. The highest BCUT2D eigenvalue weighted by atomic mass is 16.6. The Morgan fingerprint density at radius 1 is 1.62 bits per heavy atom. The van der Waals surface area contributed by atoms with E-state index in [-0.39, 0.29) is 23.8 Å². The summed E-state index contributed by atoms with van der Waals surface area (Å²) in [6.45, 7) is 1.45. The van der Waals surface area contributed by atoms with Crippen LogP contribution >= 0.6 is 0 Å². The fraction of sp³-hybridized carbons (Fsp3) is 0.385. The zero-order valence-electron chi connectivity index (χ0n) is 11.3. The molecule has 1 saturated heterocycles. The van der Waals surface area contributed by atoms with Crippen LogP contribution in [0.25, 0.3) is 0 Å². The summed E-state index contributed by atoms with van der Waals surface area (Å²) in [7, 11) is 0. The van der Waals surface area contributed by atoms with E-state index in [2.05, 4.69) is 5.32 Å². The van der Waals surface area contributed by atoms with Crippen molar-refractivity contribution in [3.63, 3.8) is 0 Å². The van der Waals surface area contributed by atoms with E-state index >= 15 is 0 Å². The second kappa shape index (κ2) is 6.19. The zero-order chi connectivity index (χ0) is 15.4. The number of amides is 1. The molecule has 3 N–H and O–H groups in total. The maximum atomic E-state index is 10.7. The summed E-state index contributed by atoms with van der Waals surface area (Å²) in [6, 6.07) is 6.36. The number of nitrogens with zero attached hydrogens (tertiary/aromatic N) is 3. The lowest BCUT2D eigenvalue weighted by molar-refractivity contribution is -0.384. The lowest BCUT2D eigenvalue weighted by Crippen LogP contribution is -2.38. The molecule has 0 aliphatic carbocycles. The summed E-state index contributed by atoms with van der Waals surface area (Å²) < 4.78 is 0. The molecule has 0 saturated carbocycles.